The molecule has 3 heteroatoms. The van der Waals surface area contributed by atoms with Gasteiger partial charge in [0.1, 0.15) is 5.82 Å². The minimum Gasteiger partial charge on any atom is -0.339 e. The van der Waals surface area contributed by atoms with Crippen LogP contribution in [0.4, 0.5) is 4.39 Å². The van der Waals surface area contributed by atoms with E-state index in [2.05, 4.69) is 12.1 Å². The average molecular weight is 325 g/mol. The van der Waals surface area contributed by atoms with Crippen molar-refractivity contribution in [2.45, 2.75) is 44.6 Å². The number of hydrogen-bond acceptors (Lipinski definition) is 1. The number of likely N-dealkylation sites (tertiary alicyclic amines) is 1. The van der Waals surface area contributed by atoms with Crippen molar-refractivity contribution in [2.24, 2.45) is 0 Å². The number of nitrogens with zero attached hydrogens (tertiary/aromatic N) is 1. The van der Waals surface area contributed by atoms with Gasteiger partial charge in [-0.05, 0) is 49.3 Å². The zero-order valence-electron chi connectivity index (χ0n) is 14.0. The normalized spacial score (nSPS) is 17.2. The average Bonchev–Trinajstić information content (AvgIpc) is 3.05. The maximum atomic E-state index is 13.6. The Morgan fingerprint density at radius 2 is 1.83 bits per heavy atom. The summed E-state index contributed by atoms with van der Waals surface area (Å²) in [6, 6.07) is 17.5. The summed E-state index contributed by atoms with van der Waals surface area (Å²) in [5, 5.41) is 0. The third-order valence-electron chi connectivity index (χ3n) is 4.81. The van der Waals surface area contributed by atoms with Gasteiger partial charge in [0.15, 0.2) is 0 Å². The summed E-state index contributed by atoms with van der Waals surface area (Å²) in [6.45, 7) is 0.857. The van der Waals surface area contributed by atoms with Gasteiger partial charge in [-0.25, -0.2) is 4.39 Å². The summed E-state index contributed by atoms with van der Waals surface area (Å²) < 4.78 is 13.6. The van der Waals surface area contributed by atoms with Crippen LogP contribution in [-0.2, 0) is 17.6 Å². The second-order valence-electron chi connectivity index (χ2n) is 6.52. The zero-order valence-corrected chi connectivity index (χ0v) is 14.0. The molecule has 3 rings (SSSR count). The van der Waals surface area contributed by atoms with Gasteiger partial charge in [-0.15, -0.1) is 0 Å². The fourth-order valence-corrected chi connectivity index (χ4v) is 3.54. The van der Waals surface area contributed by atoms with E-state index in [-0.39, 0.29) is 11.7 Å². The highest BCUT2D eigenvalue weighted by Gasteiger charge is 2.28. The molecule has 0 bridgehead atoms. The number of hydrogen-bond donors (Lipinski definition) is 0. The first-order valence-corrected chi connectivity index (χ1v) is 8.81. The molecule has 0 N–H and O–H groups in total. The van der Waals surface area contributed by atoms with Gasteiger partial charge in [-0.2, -0.15) is 0 Å². The molecule has 2 nitrogen and oxygen atoms in total. The van der Waals surface area contributed by atoms with E-state index >= 15 is 0 Å². The van der Waals surface area contributed by atoms with E-state index < -0.39 is 0 Å². The van der Waals surface area contributed by atoms with Crippen molar-refractivity contribution in [2.75, 3.05) is 6.54 Å². The van der Waals surface area contributed by atoms with E-state index in [0.29, 0.717) is 30.9 Å². The molecule has 1 aliphatic heterocycles. The molecule has 1 amide bonds. The number of carbonyl (C=O) groups is 1. The molecule has 0 aromatic heterocycles. The third-order valence-corrected chi connectivity index (χ3v) is 4.81. The van der Waals surface area contributed by atoms with Crippen LogP contribution >= 0.6 is 0 Å². The molecule has 1 aliphatic rings. The van der Waals surface area contributed by atoms with Gasteiger partial charge in [-0.3, -0.25) is 4.79 Å². The Morgan fingerprint density at radius 1 is 1.08 bits per heavy atom. The molecule has 1 heterocycles. The first kappa shape index (κ1) is 16.7. The molecule has 2 aromatic carbocycles. The lowest BCUT2D eigenvalue weighted by Gasteiger charge is -2.25. The summed E-state index contributed by atoms with van der Waals surface area (Å²) in [5.74, 6) is 0.0397. The lowest BCUT2D eigenvalue weighted by molar-refractivity contribution is -0.132. The SMILES string of the molecule is O=C(CCCc1ccccc1F)N1CCCC1Cc1ccccc1. The van der Waals surface area contributed by atoms with Gasteiger partial charge in [0, 0.05) is 19.0 Å². The van der Waals surface area contributed by atoms with Crippen molar-refractivity contribution in [3.05, 3.63) is 71.5 Å². The highest BCUT2D eigenvalue weighted by Crippen LogP contribution is 2.22. The summed E-state index contributed by atoms with van der Waals surface area (Å²) in [5.41, 5.74) is 1.99. The van der Waals surface area contributed by atoms with Crippen LogP contribution in [0, 0.1) is 5.82 Å². The highest BCUT2D eigenvalue weighted by molar-refractivity contribution is 5.76. The van der Waals surface area contributed by atoms with Crippen LogP contribution in [0.1, 0.15) is 36.8 Å². The molecular weight excluding hydrogens is 301 g/mol. The van der Waals surface area contributed by atoms with Crippen LogP contribution in [0.2, 0.25) is 0 Å². The molecule has 1 atom stereocenters. The van der Waals surface area contributed by atoms with E-state index in [9.17, 15) is 9.18 Å². The molecule has 0 spiro atoms. The first-order valence-electron chi connectivity index (χ1n) is 8.81. The Bertz CT molecular complexity index is 671. The van der Waals surface area contributed by atoms with Crippen molar-refractivity contribution < 1.29 is 9.18 Å². The van der Waals surface area contributed by atoms with Gasteiger partial charge in [-0.1, -0.05) is 48.5 Å². The number of rotatable bonds is 6. The van der Waals surface area contributed by atoms with E-state index in [1.165, 1.54) is 11.6 Å². The zero-order chi connectivity index (χ0) is 16.8. The molecule has 1 saturated heterocycles. The van der Waals surface area contributed by atoms with Crippen LogP contribution in [-0.4, -0.2) is 23.4 Å². The Labute approximate surface area is 143 Å². The van der Waals surface area contributed by atoms with Crippen LogP contribution in [0.15, 0.2) is 54.6 Å². The predicted molar refractivity (Wildman–Crippen MR) is 94.2 cm³/mol. The number of amides is 1. The van der Waals surface area contributed by atoms with E-state index in [1.807, 2.05) is 29.2 Å². The summed E-state index contributed by atoms with van der Waals surface area (Å²) in [6.07, 6.45) is 4.91. The van der Waals surface area contributed by atoms with Crippen LogP contribution < -0.4 is 0 Å². The van der Waals surface area contributed by atoms with Gasteiger partial charge in [0.2, 0.25) is 5.91 Å². The lowest BCUT2D eigenvalue weighted by Crippen LogP contribution is -2.36. The molecule has 0 aliphatic carbocycles. The standard InChI is InChI=1S/C21H24FNO/c22-20-13-5-4-10-18(20)11-6-14-21(24)23-15-7-12-19(23)16-17-8-2-1-3-9-17/h1-5,8-10,13,19H,6-7,11-12,14-16H2. The predicted octanol–water partition coefficient (Wildman–Crippen LogP) is 4.38. The lowest BCUT2D eigenvalue weighted by atomic mass is 10.0. The second-order valence-corrected chi connectivity index (χ2v) is 6.52. The van der Waals surface area contributed by atoms with Crippen molar-refractivity contribution >= 4 is 5.91 Å². The van der Waals surface area contributed by atoms with Gasteiger partial charge in [0.25, 0.3) is 0 Å². The van der Waals surface area contributed by atoms with Crippen LogP contribution in [0.3, 0.4) is 0 Å². The van der Waals surface area contributed by atoms with Crippen LogP contribution in [0.5, 0.6) is 0 Å². The minimum absolute atomic E-state index is 0.173. The van der Waals surface area contributed by atoms with E-state index in [4.69, 9.17) is 0 Å². The Hall–Kier alpha value is -2.16. The molecule has 0 saturated carbocycles. The monoisotopic (exact) mass is 325 g/mol. The Morgan fingerprint density at radius 3 is 2.62 bits per heavy atom. The Kier molecular flexibility index (Phi) is 5.63. The first-order chi connectivity index (χ1) is 11.7. The topological polar surface area (TPSA) is 20.3 Å². The summed E-state index contributed by atoms with van der Waals surface area (Å²) >= 11 is 0. The fourth-order valence-electron chi connectivity index (χ4n) is 3.54. The maximum absolute atomic E-state index is 13.6. The second kappa shape index (κ2) is 8.09. The highest BCUT2D eigenvalue weighted by atomic mass is 19.1. The quantitative estimate of drug-likeness (QED) is 0.772. The molecule has 24 heavy (non-hydrogen) atoms. The summed E-state index contributed by atoms with van der Waals surface area (Å²) in [4.78, 5) is 14.6. The van der Waals surface area contributed by atoms with Crippen LogP contribution in [0.25, 0.3) is 0 Å². The third kappa shape index (κ3) is 4.22. The molecular formula is C21H24FNO. The molecule has 126 valence electrons. The number of halogens is 1. The molecule has 1 unspecified atom stereocenters. The molecule has 1 fully saturated rings. The fraction of sp³-hybridized carbons (Fsp3) is 0.381. The molecule has 0 radical (unpaired) electrons. The van der Waals surface area contributed by atoms with Crippen molar-refractivity contribution in [1.29, 1.82) is 0 Å². The number of carbonyl (C=O) groups excluding carboxylic acids is 1. The van der Waals surface area contributed by atoms with Gasteiger partial charge < -0.3 is 4.90 Å². The summed E-state index contributed by atoms with van der Waals surface area (Å²) in [7, 11) is 0. The largest absolute Gasteiger partial charge is 0.339 e. The smallest absolute Gasteiger partial charge is 0.222 e. The minimum atomic E-state index is -0.173. The van der Waals surface area contributed by atoms with E-state index in [1.54, 1.807) is 12.1 Å². The molecule has 2 aromatic rings. The number of benzene rings is 2. The van der Waals surface area contributed by atoms with Gasteiger partial charge >= 0.3 is 0 Å². The van der Waals surface area contributed by atoms with Crippen molar-refractivity contribution in [3.8, 4) is 0 Å². The van der Waals surface area contributed by atoms with E-state index in [0.717, 1.165) is 25.8 Å². The van der Waals surface area contributed by atoms with Gasteiger partial charge in [0.05, 0.1) is 0 Å². The van der Waals surface area contributed by atoms with Crippen molar-refractivity contribution in [3.63, 3.8) is 0 Å². The Balaban J connectivity index is 1.51. The maximum Gasteiger partial charge on any atom is 0.222 e. The van der Waals surface area contributed by atoms with Crippen molar-refractivity contribution in [1.82, 2.24) is 4.90 Å². The number of aryl methyl sites for hydroxylation is 1.